The molecule has 0 N–H and O–H groups in total. The van der Waals surface area contributed by atoms with Crippen LogP contribution in [0.3, 0.4) is 0 Å². The summed E-state index contributed by atoms with van der Waals surface area (Å²) in [6.45, 7) is 13.9. The van der Waals surface area contributed by atoms with E-state index in [-0.39, 0.29) is 16.5 Å². The second kappa shape index (κ2) is 37.0. The maximum absolute atomic E-state index is 2.31. The molecule has 0 unspecified atom stereocenters. The van der Waals surface area contributed by atoms with Gasteiger partial charge in [-0.2, -0.15) is 0 Å². The maximum Gasteiger partial charge on any atom is 0 e. The molecule has 0 spiro atoms. The first-order chi connectivity index (χ1) is 16.7. The van der Waals surface area contributed by atoms with Gasteiger partial charge in [-0.25, -0.2) is 0 Å². The predicted octanol–water partition coefficient (Wildman–Crippen LogP) is 12.4. The van der Waals surface area contributed by atoms with Crippen LogP contribution in [0.1, 0.15) is 144 Å². The molecule has 0 saturated heterocycles. The number of unbranched alkanes of at least 4 members (excludes halogenated alkanes) is 6. The van der Waals surface area contributed by atoms with Crippen LogP contribution in [0.5, 0.6) is 0 Å². The van der Waals surface area contributed by atoms with E-state index in [1.165, 1.54) is 103 Å². The molecule has 35 heavy (non-hydrogen) atoms. The van der Waals surface area contributed by atoms with Crippen molar-refractivity contribution in [2.45, 2.75) is 144 Å². The van der Waals surface area contributed by atoms with Crippen LogP contribution in [0.4, 0.5) is 0 Å². The molecule has 0 aromatic carbocycles. The Hall–Kier alpha value is 0.834. The van der Waals surface area contributed by atoms with E-state index >= 15 is 0 Å². The molecule has 0 aromatic rings. The smallest absolute Gasteiger partial charge is 0 e. The third-order valence-electron chi connectivity index (χ3n) is 6.30. The SMILES string of the molecule is C1=CCCC=CCC1.CCCCP(CCCC)CCCC.CCCCP(CCCC)CCCC.[Ni]. The van der Waals surface area contributed by atoms with Crippen LogP contribution in [-0.4, -0.2) is 37.0 Å². The molecule has 1 aliphatic rings. The monoisotopic (exact) mass is 570 g/mol. The van der Waals surface area contributed by atoms with E-state index in [1.54, 1.807) is 37.0 Å². The van der Waals surface area contributed by atoms with Crippen LogP contribution in [-0.2, 0) is 16.5 Å². The molecule has 0 nitrogen and oxygen atoms in total. The zero-order chi connectivity index (χ0) is 25.5. The first-order valence-corrected chi connectivity index (χ1v) is 19.2. The van der Waals surface area contributed by atoms with Gasteiger partial charge in [0.05, 0.1) is 0 Å². The van der Waals surface area contributed by atoms with Gasteiger partial charge in [-0.15, -0.1) is 15.8 Å². The molecule has 3 heteroatoms. The molecule has 214 valence electrons. The van der Waals surface area contributed by atoms with Crippen molar-refractivity contribution in [3.63, 3.8) is 0 Å². The molecular weight excluding hydrogens is 505 g/mol. The summed E-state index contributed by atoms with van der Waals surface area (Å²) in [5, 5.41) is 0. The molecule has 0 bridgehead atoms. The second-order valence-corrected chi connectivity index (χ2v) is 15.3. The van der Waals surface area contributed by atoms with Crippen molar-refractivity contribution < 1.29 is 16.5 Å². The van der Waals surface area contributed by atoms with E-state index in [0.29, 0.717) is 15.8 Å². The van der Waals surface area contributed by atoms with Gasteiger partial charge in [-0.1, -0.05) is 104 Å². The number of hydrogen-bond donors (Lipinski definition) is 0. The minimum Gasteiger partial charge on any atom is -0.107 e. The van der Waals surface area contributed by atoms with Crippen LogP contribution in [0.2, 0.25) is 0 Å². The third-order valence-corrected chi connectivity index (χ3v) is 12.0. The minimum absolute atomic E-state index is 0. The van der Waals surface area contributed by atoms with Gasteiger partial charge in [0.1, 0.15) is 0 Å². The summed E-state index contributed by atoms with van der Waals surface area (Å²) in [5.74, 6) is 0. The standard InChI is InChI=1S/2C12H27P.C8H12.Ni/c2*1-4-7-10-13(11-8-5-2)12-9-6-3;1-2-4-6-8-7-5-3-1;/h2*4-12H2,1-3H3;1-2,7-8H,3-6H2;. The number of hydrogen-bond acceptors (Lipinski definition) is 0. The average Bonchev–Trinajstić information content (AvgIpc) is 2.83. The summed E-state index contributed by atoms with van der Waals surface area (Å²) < 4.78 is 0. The Labute approximate surface area is 237 Å². The fraction of sp³-hybridized carbons (Fsp3) is 0.875. The van der Waals surface area contributed by atoms with Crippen molar-refractivity contribution in [1.82, 2.24) is 0 Å². The maximum atomic E-state index is 2.31. The van der Waals surface area contributed by atoms with E-state index in [1.807, 2.05) is 0 Å². The van der Waals surface area contributed by atoms with Crippen molar-refractivity contribution in [2.75, 3.05) is 37.0 Å². The van der Waals surface area contributed by atoms with Gasteiger partial charge in [0.25, 0.3) is 0 Å². The zero-order valence-corrected chi connectivity index (χ0v) is 27.9. The van der Waals surface area contributed by atoms with Crippen molar-refractivity contribution >= 4 is 15.8 Å². The van der Waals surface area contributed by atoms with Crippen LogP contribution in [0, 0.1) is 0 Å². The van der Waals surface area contributed by atoms with Crippen molar-refractivity contribution in [3.05, 3.63) is 24.3 Å². The quantitative estimate of drug-likeness (QED) is 0.0872. The minimum atomic E-state index is 0. The van der Waals surface area contributed by atoms with Gasteiger partial charge in [-0.05, 0) is 101 Å². The Morgan fingerprint density at radius 1 is 0.371 bits per heavy atom. The molecule has 1 rings (SSSR count). The van der Waals surface area contributed by atoms with E-state index in [4.69, 9.17) is 0 Å². The van der Waals surface area contributed by atoms with Gasteiger partial charge in [0.15, 0.2) is 0 Å². The fourth-order valence-electron chi connectivity index (χ4n) is 3.82. The summed E-state index contributed by atoms with van der Waals surface area (Å²) in [6, 6.07) is 0. The largest absolute Gasteiger partial charge is 0.107 e. The van der Waals surface area contributed by atoms with Crippen molar-refractivity contribution in [1.29, 1.82) is 0 Å². The molecule has 0 atom stereocenters. The predicted molar refractivity (Wildman–Crippen MR) is 169 cm³/mol. The van der Waals surface area contributed by atoms with E-state index < -0.39 is 0 Å². The van der Waals surface area contributed by atoms with E-state index in [0.717, 1.165) is 0 Å². The van der Waals surface area contributed by atoms with Crippen LogP contribution >= 0.6 is 15.8 Å². The van der Waals surface area contributed by atoms with E-state index in [2.05, 4.69) is 65.8 Å². The first kappa shape index (κ1) is 40.3. The van der Waals surface area contributed by atoms with Crippen molar-refractivity contribution in [2.24, 2.45) is 0 Å². The van der Waals surface area contributed by atoms with Gasteiger partial charge < -0.3 is 0 Å². The Kier molecular flexibility index (Phi) is 42.6. The summed E-state index contributed by atoms with van der Waals surface area (Å²) in [7, 11) is 0.843. The van der Waals surface area contributed by atoms with Crippen LogP contribution in [0.15, 0.2) is 24.3 Å². The molecule has 0 aromatic heterocycles. The molecular formula is C32H66NiP2. The number of allylic oxidation sites excluding steroid dienone is 4. The normalized spacial score (nSPS) is 12.8. The molecule has 1 aliphatic carbocycles. The van der Waals surface area contributed by atoms with Crippen LogP contribution < -0.4 is 0 Å². The summed E-state index contributed by atoms with van der Waals surface area (Å²) >= 11 is 0. The van der Waals surface area contributed by atoms with Gasteiger partial charge in [-0.3, -0.25) is 0 Å². The molecule has 0 aliphatic heterocycles. The van der Waals surface area contributed by atoms with E-state index in [9.17, 15) is 0 Å². The Morgan fingerprint density at radius 2 is 0.543 bits per heavy atom. The Balaban J connectivity index is -0.000000444. The summed E-state index contributed by atoms with van der Waals surface area (Å²) in [6.07, 6.45) is 40.4. The first-order valence-electron chi connectivity index (χ1n) is 15.4. The topological polar surface area (TPSA) is 0 Å². The molecule has 0 heterocycles. The third kappa shape index (κ3) is 34.8. The zero-order valence-electron chi connectivity index (χ0n) is 25.1. The molecule has 0 radical (unpaired) electrons. The van der Waals surface area contributed by atoms with Gasteiger partial charge in [0, 0.05) is 16.5 Å². The number of rotatable bonds is 18. The summed E-state index contributed by atoms with van der Waals surface area (Å²) in [4.78, 5) is 0. The Bertz CT molecular complexity index is 320. The van der Waals surface area contributed by atoms with Gasteiger partial charge in [0.2, 0.25) is 0 Å². The fourth-order valence-corrected chi connectivity index (χ4v) is 9.74. The Morgan fingerprint density at radius 3 is 0.686 bits per heavy atom. The average molecular weight is 572 g/mol. The van der Waals surface area contributed by atoms with Gasteiger partial charge >= 0.3 is 0 Å². The molecule has 0 saturated carbocycles. The summed E-state index contributed by atoms with van der Waals surface area (Å²) in [5.41, 5.74) is 0. The molecule has 0 fully saturated rings. The van der Waals surface area contributed by atoms with Crippen LogP contribution in [0.25, 0.3) is 0 Å². The van der Waals surface area contributed by atoms with Crippen molar-refractivity contribution in [3.8, 4) is 0 Å². The second-order valence-electron chi connectivity index (χ2n) is 9.90. The molecule has 0 amide bonds.